The number of sulfonamides is 1. The number of rotatable bonds is 6. The van der Waals surface area contributed by atoms with Gasteiger partial charge in [-0.2, -0.15) is 17.5 Å². The Hall–Kier alpha value is -1.83. The fraction of sp³-hybridized carbons (Fsp3) is 0.522. The van der Waals surface area contributed by atoms with Crippen LogP contribution in [0.4, 0.5) is 18.9 Å². The summed E-state index contributed by atoms with van der Waals surface area (Å²) < 4.78 is 67.8. The largest absolute Gasteiger partial charge is 0.421 e. The van der Waals surface area contributed by atoms with E-state index >= 15 is 0 Å². The minimum Gasteiger partial charge on any atom is -0.390 e. The summed E-state index contributed by atoms with van der Waals surface area (Å²) in [6, 6.07) is 5.22. The van der Waals surface area contributed by atoms with Gasteiger partial charge >= 0.3 is 6.18 Å². The number of alkyl halides is 3. The second kappa shape index (κ2) is 9.56. The molecule has 0 unspecified atom stereocenters. The first-order chi connectivity index (χ1) is 16.3. The summed E-state index contributed by atoms with van der Waals surface area (Å²) in [6.07, 6.45) is 0.140. The number of thiocarbonyl (C=S) groups is 1. The smallest absolute Gasteiger partial charge is 0.390 e. The molecular weight excluding hydrogens is 503 g/mol. The molecule has 2 aliphatic heterocycles. The summed E-state index contributed by atoms with van der Waals surface area (Å²) in [6.45, 7) is 2.83. The molecule has 2 atom stereocenters. The number of nitrogens with zero attached hydrogens (tertiary/aromatic N) is 3. The third-order valence-electron chi connectivity index (χ3n) is 6.74. The summed E-state index contributed by atoms with van der Waals surface area (Å²) in [4.78, 5) is 4.47. The maximum absolute atomic E-state index is 13.3. The first-order valence-corrected chi connectivity index (χ1v) is 13.1. The maximum Gasteiger partial charge on any atom is 0.421 e. The Labute approximate surface area is 208 Å². The first kappa shape index (κ1) is 26.2. The van der Waals surface area contributed by atoms with E-state index < -0.39 is 27.9 Å². The summed E-state index contributed by atoms with van der Waals surface area (Å²) in [7, 11) is -3.80. The van der Waals surface area contributed by atoms with Crippen molar-refractivity contribution in [2.75, 3.05) is 44.2 Å². The van der Waals surface area contributed by atoms with E-state index in [2.05, 4.69) is 0 Å². The lowest BCUT2D eigenvalue weighted by Gasteiger charge is -2.46. The molecule has 1 aliphatic carbocycles. The summed E-state index contributed by atoms with van der Waals surface area (Å²) in [5.41, 5.74) is -2.63. The quantitative estimate of drug-likeness (QED) is 0.545. The Morgan fingerprint density at radius 1 is 1.11 bits per heavy atom. The fourth-order valence-corrected chi connectivity index (χ4v) is 6.64. The van der Waals surface area contributed by atoms with E-state index in [1.807, 2.05) is 9.80 Å². The molecule has 0 saturated carbocycles. The maximum atomic E-state index is 13.3. The Morgan fingerprint density at radius 3 is 2.34 bits per heavy atom. The molecule has 7 nitrogen and oxygen atoms in total. The average Bonchev–Trinajstić information content (AvgIpc) is 2.77. The highest BCUT2D eigenvalue weighted by Gasteiger charge is 2.51. The van der Waals surface area contributed by atoms with Crippen LogP contribution in [0.3, 0.4) is 0 Å². The summed E-state index contributed by atoms with van der Waals surface area (Å²) >= 11 is 5.28. The number of β-amino-alcohol motifs (C(OH)–C–C–N with tert-alkyl or cyclic N) is 1. The SMILES string of the molecule is C[C@@](O)(c1ccc(N2CCN(S(=O)(=O)C3=CC=CCC3=S)C[C@@H]2CN2CC(O)C2)cc1)C(F)(F)F. The van der Waals surface area contributed by atoms with Gasteiger partial charge in [0.15, 0.2) is 5.60 Å². The van der Waals surface area contributed by atoms with Crippen LogP contribution >= 0.6 is 12.2 Å². The third-order valence-corrected chi connectivity index (χ3v) is 9.21. The van der Waals surface area contributed by atoms with Crippen molar-refractivity contribution in [2.45, 2.75) is 37.3 Å². The van der Waals surface area contributed by atoms with Gasteiger partial charge in [0.05, 0.1) is 17.1 Å². The van der Waals surface area contributed by atoms with Crippen molar-refractivity contribution in [1.82, 2.24) is 9.21 Å². The molecule has 0 amide bonds. The van der Waals surface area contributed by atoms with Crippen molar-refractivity contribution in [3.8, 4) is 0 Å². The standard InChI is InChI=1S/C23H28F3N3O4S2/c1-22(31,23(24,25)26)16-6-8-17(9-7-16)29-11-10-28(13-18(29)12-27-14-19(30)15-27)35(32,33)21-5-3-2-4-20(21)34/h2-3,5-9,18-19,30-31H,4,10-15H2,1H3/t18-,22+/m0/s1. The van der Waals surface area contributed by atoms with Crippen LogP contribution in [0, 0.1) is 0 Å². The van der Waals surface area contributed by atoms with Crippen LogP contribution in [0.5, 0.6) is 0 Å². The van der Waals surface area contributed by atoms with Gasteiger partial charge in [0.2, 0.25) is 10.0 Å². The molecule has 0 aromatic heterocycles. The minimum absolute atomic E-state index is 0.125. The molecule has 3 aliphatic rings. The van der Waals surface area contributed by atoms with Crippen molar-refractivity contribution in [3.63, 3.8) is 0 Å². The number of likely N-dealkylation sites (tertiary alicyclic amines) is 1. The highest BCUT2D eigenvalue weighted by atomic mass is 32.2. The Balaban J connectivity index is 1.58. The predicted octanol–water partition coefficient (Wildman–Crippen LogP) is 2.17. The van der Waals surface area contributed by atoms with E-state index in [9.17, 15) is 31.8 Å². The molecule has 2 heterocycles. The number of aliphatic hydroxyl groups excluding tert-OH is 1. The molecule has 2 fully saturated rings. The topological polar surface area (TPSA) is 84.3 Å². The van der Waals surface area contributed by atoms with E-state index in [1.54, 1.807) is 12.2 Å². The van der Waals surface area contributed by atoms with Gasteiger partial charge in [-0.3, -0.25) is 4.90 Å². The average molecular weight is 532 g/mol. The van der Waals surface area contributed by atoms with Crippen LogP contribution in [0.1, 0.15) is 18.9 Å². The molecule has 0 radical (unpaired) electrons. The molecule has 1 aromatic rings. The molecule has 2 saturated heterocycles. The molecule has 12 heteroatoms. The molecule has 192 valence electrons. The number of piperazine rings is 1. The van der Waals surface area contributed by atoms with E-state index in [0.29, 0.717) is 50.1 Å². The Morgan fingerprint density at radius 2 is 1.77 bits per heavy atom. The molecule has 1 aromatic carbocycles. The van der Waals surface area contributed by atoms with Gasteiger partial charge in [-0.1, -0.05) is 36.5 Å². The minimum atomic E-state index is -4.82. The highest BCUT2D eigenvalue weighted by Crippen LogP contribution is 2.39. The van der Waals surface area contributed by atoms with E-state index in [0.717, 1.165) is 0 Å². The molecular formula is C23H28F3N3O4S2. The number of allylic oxidation sites excluding steroid dienone is 4. The number of hydrogen-bond donors (Lipinski definition) is 2. The van der Waals surface area contributed by atoms with Crippen molar-refractivity contribution >= 4 is 32.8 Å². The molecule has 4 rings (SSSR count). The van der Waals surface area contributed by atoms with Crippen LogP contribution in [0.25, 0.3) is 0 Å². The van der Waals surface area contributed by atoms with Gasteiger partial charge in [0.1, 0.15) is 0 Å². The summed E-state index contributed by atoms with van der Waals surface area (Å²) in [5, 5.41) is 19.6. The van der Waals surface area contributed by atoms with Gasteiger partial charge in [0.25, 0.3) is 0 Å². The van der Waals surface area contributed by atoms with Crippen molar-refractivity contribution in [3.05, 3.63) is 53.0 Å². The van der Waals surface area contributed by atoms with Gasteiger partial charge in [-0.05, 0) is 30.7 Å². The van der Waals surface area contributed by atoms with E-state index in [-0.39, 0.29) is 29.6 Å². The highest BCUT2D eigenvalue weighted by molar-refractivity contribution is 7.96. The molecule has 2 N–H and O–H groups in total. The number of anilines is 1. The monoisotopic (exact) mass is 531 g/mol. The first-order valence-electron chi connectivity index (χ1n) is 11.3. The van der Waals surface area contributed by atoms with Crippen LogP contribution in [0.15, 0.2) is 47.4 Å². The molecule has 0 bridgehead atoms. The van der Waals surface area contributed by atoms with Crippen molar-refractivity contribution < 1.29 is 31.8 Å². The second-order valence-corrected chi connectivity index (χ2v) is 11.7. The number of hydrogen-bond acceptors (Lipinski definition) is 7. The number of aliphatic hydroxyl groups is 2. The zero-order valence-corrected chi connectivity index (χ0v) is 20.8. The third kappa shape index (κ3) is 5.18. The lowest BCUT2D eigenvalue weighted by atomic mass is 9.95. The Bertz CT molecular complexity index is 1130. The zero-order valence-electron chi connectivity index (χ0n) is 19.1. The fourth-order valence-electron chi connectivity index (χ4n) is 4.57. The van der Waals surface area contributed by atoms with Crippen LogP contribution < -0.4 is 4.90 Å². The van der Waals surface area contributed by atoms with Gasteiger partial charge < -0.3 is 15.1 Å². The Kier molecular flexibility index (Phi) is 7.17. The zero-order chi connectivity index (χ0) is 25.6. The van der Waals surface area contributed by atoms with Crippen molar-refractivity contribution in [2.24, 2.45) is 0 Å². The van der Waals surface area contributed by atoms with Gasteiger partial charge in [-0.15, -0.1) is 0 Å². The van der Waals surface area contributed by atoms with Gasteiger partial charge in [0, 0.05) is 56.2 Å². The number of benzene rings is 1. The predicted molar refractivity (Wildman–Crippen MR) is 131 cm³/mol. The lowest BCUT2D eigenvalue weighted by molar-refractivity contribution is -0.258. The van der Waals surface area contributed by atoms with E-state index in [1.165, 1.54) is 34.6 Å². The normalized spacial score (nSPS) is 24.7. The summed E-state index contributed by atoms with van der Waals surface area (Å²) in [5.74, 6) is 0. The second-order valence-electron chi connectivity index (χ2n) is 9.29. The van der Waals surface area contributed by atoms with Crippen molar-refractivity contribution in [1.29, 1.82) is 0 Å². The molecule has 0 spiro atoms. The van der Waals surface area contributed by atoms with Gasteiger partial charge in [-0.25, -0.2) is 8.42 Å². The molecule has 35 heavy (non-hydrogen) atoms. The van der Waals surface area contributed by atoms with Crippen LogP contribution in [-0.2, 0) is 15.6 Å². The van der Waals surface area contributed by atoms with Crippen LogP contribution in [0.2, 0.25) is 0 Å². The van der Waals surface area contributed by atoms with Crippen LogP contribution in [-0.4, -0.2) is 90.3 Å². The number of halogens is 3. The lowest BCUT2D eigenvalue weighted by Crippen LogP contribution is -2.62. The van der Waals surface area contributed by atoms with E-state index in [4.69, 9.17) is 12.2 Å².